The Morgan fingerprint density at radius 2 is 1.73 bits per heavy atom. The monoisotopic (exact) mass is 399 g/mol. The van der Waals surface area contributed by atoms with Crippen LogP contribution in [-0.4, -0.2) is 18.2 Å². The van der Waals surface area contributed by atoms with Crippen molar-refractivity contribution in [1.82, 2.24) is 5.32 Å². The third-order valence-electron chi connectivity index (χ3n) is 6.24. The number of allylic oxidation sites excluding steroid dienone is 3. The number of dihydropyridines is 1. The Bertz CT molecular complexity index is 1090. The summed E-state index contributed by atoms with van der Waals surface area (Å²) in [6.07, 6.45) is 4.33. The highest BCUT2D eigenvalue weighted by atomic mass is 16.5. The first kappa shape index (κ1) is 18.9. The van der Waals surface area contributed by atoms with Gasteiger partial charge in [-0.25, -0.2) is 0 Å². The van der Waals surface area contributed by atoms with Gasteiger partial charge in [-0.15, -0.1) is 0 Å². The number of rotatable bonds is 5. The number of ether oxygens (including phenoxy) is 1. The van der Waals surface area contributed by atoms with Crippen molar-refractivity contribution in [3.63, 3.8) is 0 Å². The molecule has 0 amide bonds. The zero-order chi connectivity index (χ0) is 20.7. The Morgan fingerprint density at radius 1 is 0.967 bits per heavy atom. The minimum Gasteiger partial charge on any atom is -0.494 e. The van der Waals surface area contributed by atoms with E-state index in [2.05, 4.69) is 12.2 Å². The summed E-state index contributed by atoms with van der Waals surface area (Å²) in [7, 11) is 0. The molecule has 1 atom stereocenters. The van der Waals surface area contributed by atoms with E-state index in [1.165, 1.54) is 0 Å². The van der Waals surface area contributed by atoms with Gasteiger partial charge in [0.25, 0.3) is 0 Å². The maximum absolute atomic E-state index is 13.4. The van der Waals surface area contributed by atoms with Crippen LogP contribution >= 0.6 is 0 Å². The first-order valence-corrected chi connectivity index (χ1v) is 10.8. The zero-order valence-corrected chi connectivity index (χ0v) is 17.2. The molecule has 3 aliphatic rings. The van der Waals surface area contributed by atoms with Crippen molar-refractivity contribution >= 4 is 17.3 Å². The number of nitrogens with one attached hydrogen (secondary N) is 1. The van der Waals surface area contributed by atoms with Crippen LogP contribution in [0.5, 0.6) is 5.75 Å². The van der Waals surface area contributed by atoms with Crippen molar-refractivity contribution in [2.24, 2.45) is 0 Å². The minimum atomic E-state index is -0.325. The Hall–Kier alpha value is -3.14. The lowest BCUT2D eigenvalue weighted by Gasteiger charge is -2.33. The van der Waals surface area contributed by atoms with Crippen LogP contribution in [0.1, 0.15) is 66.4 Å². The number of fused-ring (bicyclic) bond motifs is 2. The summed E-state index contributed by atoms with van der Waals surface area (Å²) in [5.41, 5.74) is 5.93. The van der Waals surface area contributed by atoms with E-state index in [-0.39, 0.29) is 17.5 Å². The molecule has 5 rings (SSSR count). The Balaban J connectivity index is 1.58. The highest BCUT2D eigenvalue weighted by Gasteiger charge is 2.43. The second kappa shape index (κ2) is 7.60. The molecule has 4 nitrogen and oxygen atoms in total. The number of benzene rings is 2. The molecule has 30 heavy (non-hydrogen) atoms. The van der Waals surface area contributed by atoms with Crippen molar-refractivity contribution in [2.75, 3.05) is 6.61 Å². The second-order valence-corrected chi connectivity index (χ2v) is 8.16. The number of ketones is 2. The molecule has 1 N–H and O–H groups in total. The molecular formula is C26H25NO3. The third kappa shape index (κ3) is 2.98. The van der Waals surface area contributed by atoms with Gasteiger partial charge >= 0.3 is 0 Å². The van der Waals surface area contributed by atoms with Gasteiger partial charge in [0.15, 0.2) is 11.6 Å². The highest BCUT2D eigenvalue weighted by Crippen LogP contribution is 2.48. The molecule has 0 bridgehead atoms. The molecule has 0 radical (unpaired) electrons. The van der Waals surface area contributed by atoms with E-state index < -0.39 is 0 Å². The fourth-order valence-corrected chi connectivity index (χ4v) is 4.76. The average molecular weight is 399 g/mol. The van der Waals surface area contributed by atoms with Crippen LogP contribution in [0.15, 0.2) is 65.4 Å². The van der Waals surface area contributed by atoms with E-state index >= 15 is 0 Å². The zero-order valence-electron chi connectivity index (χ0n) is 17.2. The summed E-state index contributed by atoms with van der Waals surface area (Å²) in [4.78, 5) is 26.3. The Labute approximate surface area is 176 Å². The summed E-state index contributed by atoms with van der Waals surface area (Å²) in [5.74, 6) is 0.660. The van der Waals surface area contributed by atoms with Crippen LogP contribution in [0.4, 0.5) is 0 Å². The molecular weight excluding hydrogens is 374 g/mol. The standard InChI is InChI=1S/C26H25NO3/c1-2-3-15-30-17-13-11-16(12-14-17)22-23-20(9-6-10-21(23)28)27-25-18-7-4-5-8-19(18)26(29)24(22)25/h4-5,7-8,11-14,22,27H,2-3,6,9-10,15H2,1H3. The van der Waals surface area contributed by atoms with Gasteiger partial charge in [-0.1, -0.05) is 49.7 Å². The van der Waals surface area contributed by atoms with Crippen LogP contribution in [-0.2, 0) is 4.79 Å². The van der Waals surface area contributed by atoms with Gasteiger partial charge in [-0.05, 0) is 37.0 Å². The van der Waals surface area contributed by atoms with E-state index in [0.29, 0.717) is 24.2 Å². The maximum atomic E-state index is 13.4. The quantitative estimate of drug-likeness (QED) is 0.705. The first-order valence-electron chi connectivity index (χ1n) is 10.8. The molecule has 1 aliphatic heterocycles. The highest BCUT2D eigenvalue weighted by molar-refractivity contribution is 6.23. The number of Topliss-reactive ketones (excluding diaryl/α,β-unsaturated/α-hetero) is 2. The fourth-order valence-electron chi connectivity index (χ4n) is 4.76. The Kier molecular flexibility index (Phi) is 4.78. The molecule has 0 spiro atoms. The van der Waals surface area contributed by atoms with Gasteiger partial charge in [-0.3, -0.25) is 9.59 Å². The van der Waals surface area contributed by atoms with Crippen LogP contribution < -0.4 is 10.1 Å². The average Bonchev–Trinajstić information content (AvgIpc) is 3.06. The molecule has 2 aromatic carbocycles. The molecule has 0 fully saturated rings. The minimum absolute atomic E-state index is 0.0197. The lowest BCUT2D eigenvalue weighted by molar-refractivity contribution is -0.116. The molecule has 0 aromatic heterocycles. The molecule has 0 saturated carbocycles. The number of unbranched alkanes of at least 4 members (excludes halogenated alkanes) is 1. The van der Waals surface area contributed by atoms with Crippen molar-refractivity contribution in [3.8, 4) is 5.75 Å². The smallest absolute Gasteiger partial charge is 0.192 e. The molecule has 152 valence electrons. The number of hydrogen-bond acceptors (Lipinski definition) is 4. The summed E-state index contributed by atoms with van der Waals surface area (Å²) in [6, 6.07) is 15.6. The van der Waals surface area contributed by atoms with Gasteiger partial charge in [-0.2, -0.15) is 0 Å². The largest absolute Gasteiger partial charge is 0.494 e. The van der Waals surface area contributed by atoms with Crippen LogP contribution in [0.3, 0.4) is 0 Å². The summed E-state index contributed by atoms with van der Waals surface area (Å²) in [5, 5.41) is 3.47. The molecule has 2 aliphatic carbocycles. The molecule has 1 unspecified atom stereocenters. The third-order valence-corrected chi connectivity index (χ3v) is 6.24. The van der Waals surface area contributed by atoms with Crippen LogP contribution in [0.2, 0.25) is 0 Å². The first-order chi connectivity index (χ1) is 14.7. The normalized spacial score (nSPS) is 20.0. The van der Waals surface area contributed by atoms with Crippen LogP contribution in [0.25, 0.3) is 5.70 Å². The number of hydrogen-bond donors (Lipinski definition) is 1. The van der Waals surface area contributed by atoms with E-state index in [9.17, 15) is 9.59 Å². The lowest BCUT2D eigenvalue weighted by atomic mass is 9.75. The Morgan fingerprint density at radius 3 is 2.50 bits per heavy atom. The number of carbonyl (C=O) groups is 2. The van der Waals surface area contributed by atoms with Crippen molar-refractivity contribution in [2.45, 2.75) is 44.9 Å². The van der Waals surface area contributed by atoms with Crippen molar-refractivity contribution < 1.29 is 14.3 Å². The van der Waals surface area contributed by atoms with Crippen molar-refractivity contribution in [3.05, 3.63) is 82.1 Å². The van der Waals surface area contributed by atoms with Gasteiger partial charge in [0.05, 0.1) is 12.3 Å². The summed E-state index contributed by atoms with van der Waals surface area (Å²) >= 11 is 0. The predicted octanol–water partition coefficient (Wildman–Crippen LogP) is 5.17. The molecule has 1 heterocycles. The molecule has 0 saturated heterocycles. The topological polar surface area (TPSA) is 55.4 Å². The number of carbonyl (C=O) groups excluding carboxylic acids is 2. The molecule has 4 heteroatoms. The van der Waals surface area contributed by atoms with E-state index in [0.717, 1.165) is 59.5 Å². The second-order valence-electron chi connectivity index (χ2n) is 8.16. The van der Waals surface area contributed by atoms with E-state index in [4.69, 9.17) is 4.74 Å². The van der Waals surface area contributed by atoms with Gasteiger partial charge in [0, 0.05) is 40.3 Å². The SMILES string of the molecule is CCCCOc1ccc(C2C3=C(CCCC3=O)NC3=C2C(=O)c2ccccc23)cc1. The van der Waals surface area contributed by atoms with Gasteiger partial charge in [0.2, 0.25) is 0 Å². The molecule has 2 aromatic rings. The summed E-state index contributed by atoms with van der Waals surface area (Å²) < 4.78 is 5.80. The lowest BCUT2D eigenvalue weighted by Crippen LogP contribution is -2.31. The van der Waals surface area contributed by atoms with E-state index in [1.54, 1.807) is 0 Å². The maximum Gasteiger partial charge on any atom is 0.192 e. The fraction of sp³-hybridized carbons (Fsp3) is 0.308. The van der Waals surface area contributed by atoms with Gasteiger partial charge < -0.3 is 10.1 Å². The van der Waals surface area contributed by atoms with E-state index in [1.807, 2.05) is 48.5 Å². The van der Waals surface area contributed by atoms with Crippen LogP contribution in [0, 0.1) is 0 Å². The predicted molar refractivity (Wildman–Crippen MR) is 116 cm³/mol. The summed E-state index contributed by atoms with van der Waals surface area (Å²) in [6.45, 7) is 2.83. The van der Waals surface area contributed by atoms with Crippen molar-refractivity contribution in [1.29, 1.82) is 0 Å². The van der Waals surface area contributed by atoms with Gasteiger partial charge in [0.1, 0.15) is 5.75 Å².